The van der Waals surface area contributed by atoms with Gasteiger partial charge < -0.3 is 0 Å². The Bertz CT molecular complexity index is 777. The zero-order chi connectivity index (χ0) is 28.4. The van der Waals surface area contributed by atoms with Gasteiger partial charge in [-0.3, -0.25) is 0 Å². The molecule has 0 aliphatic rings. The molecule has 0 heterocycles. The summed E-state index contributed by atoms with van der Waals surface area (Å²) in [6, 6.07) is -4.65. The number of allylic oxidation sites excluding steroid dienone is 1. The van der Waals surface area contributed by atoms with E-state index in [9.17, 15) is 83.4 Å². The summed E-state index contributed by atoms with van der Waals surface area (Å²) in [6.07, 6.45) is -9.50. The average molecular weight is 630 g/mol. The van der Waals surface area contributed by atoms with Crippen molar-refractivity contribution >= 4 is 39.2 Å². The molecule has 0 aromatic heterocycles. The highest BCUT2D eigenvalue weighted by Crippen LogP contribution is 2.65. The first-order valence-electron chi connectivity index (χ1n) is 7.07. The molecule has 0 aromatic rings. The maximum Gasteiger partial charge on any atom is 0.460 e. The van der Waals surface area contributed by atoms with Crippen molar-refractivity contribution in [3.63, 3.8) is 0 Å². The Balaban J connectivity index is 6.92. The lowest BCUT2D eigenvalue weighted by atomic mass is 9.87. The lowest BCUT2D eigenvalue weighted by Crippen LogP contribution is -2.75. The Kier molecular flexibility index (Phi) is 8.40. The molecule has 0 rings (SSSR count). The van der Waals surface area contributed by atoms with Crippen molar-refractivity contribution < 1.29 is 83.4 Å². The second kappa shape index (κ2) is 8.52. The topological polar surface area (TPSA) is 0 Å². The fourth-order valence-electron chi connectivity index (χ4n) is 1.68. The van der Waals surface area contributed by atoms with Gasteiger partial charge in [-0.05, 0) is 11.8 Å². The van der Waals surface area contributed by atoms with E-state index in [4.69, 9.17) is 33.2 Å². The Morgan fingerprint density at radius 2 is 0.618 bits per heavy atom. The SMILES string of the molecule is FC(F)(F)C(F)(F)C(F)(F)C(F)(F)C(F)(F)C(F)(F)C(F)(F)C(F)(F)C(F)(F)C=C[Si](Cl)(Cl)Cl. The second-order valence-electron chi connectivity index (χ2n) is 6.02. The predicted molar refractivity (Wildman–Crippen MR) is 78.1 cm³/mol. The van der Waals surface area contributed by atoms with Gasteiger partial charge in [-0.1, -0.05) is 0 Å². The van der Waals surface area contributed by atoms with E-state index in [0.29, 0.717) is 0 Å². The average Bonchev–Trinajstić information content (AvgIpc) is 2.57. The van der Waals surface area contributed by atoms with Crippen molar-refractivity contribution in [2.24, 2.45) is 0 Å². The van der Waals surface area contributed by atoms with Crippen LogP contribution >= 0.6 is 33.2 Å². The van der Waals surface area contributed by atoms with E-state index in [-0.39, 0.29) is 0 Å². The number of rotatable bonds is 9. The molecule has 23 heteroatoms. The van der Waals surface area contributed by atoms with Crippen LogP contribution in [0.4, 0.5) is 83.4 Å². The molecule has 0 unspecified atom stereocenters. The van der Waals surface area contributed by atoms with Crippen molar-refractivity contribution in [2.75, 3.05) is 0 Å². The van der Waals surface area contributed by atoms with Gasteiger partial charge >= 0.3 is 59.6 Å². The number of halogens is 22. The van der Waals surface area contributed by atoms with Crippen LogP contribution in [0.1, 0.15) is 0 Å². The van der Waals surface area contributed by atoms with Crippen LogP contribution in [0.5, 0.6) is 0 Å². The molecule has 0 N–H and O–H groups in total. The normalized spacial score (nSPS) is 17.0. The summed E-state index contributed by atoms with van der Waals surface area (Å²) >= 11 is 14.6. The Morgan fingerprint density at radius 1 is 0.382 bits per heavy atom. The number of hydrogen-bond acceptors (Lipinski definition) is 0. The van der Waals surface area contributed by atoms with E-state index in [1.165, 1.54) is 0 Å². The third kappa shape index (κ3) is 4.75. The summed E-state index contributed by atoms with van der Waals surface area (Å²) in [5, 5.41) is 0. The van der Waals surface area contributed by atoms with E-state index in [1.807, 2.05) is 0 Å². The Hall–Kier alpha value is -0.503. The van der Waals surface area contributed by atoms with Crippen molar-refractivity contribution in [2.45, 2.75) is 53.6 Å². The quantitative estimate of drug-likeness (QED) is 0.137. The summed E-state index contributed by atoms with van der Waals surface area (Å²) in [5.41, 5.74) is -0.634. The number of hydrogen-bond donors (Lipinski definition) is 0. The molecule has 0 atom stereocenters. The van der Waals surface area contributed by atoms with Crippen molar-refractivity contribution in [3.05, 3.63) is 11.8 Å². The molecule has 0 amide bonds. The molecule has 204 valence electrons. The smallest absolute Gasteiger partial charge is 0.195 e. The first-order chi connectivity index (χ1) is 14.2. The monoisotopic (exact) mass is 628 g/mol. The summed E-state index contributed by atoms with van der Waals surface area (Å²) in [6.45, 7) is 0. The minimum Gasteiger partial charge on any atom is -0.195 e. The van der Waals surface area contributed by atoms with Gasteiger partial charge in [0, 0.05) is 0 Å². The molecule has 0 nitrogen and oxygen atoms in total. The lowest BCUT2D eigenvalue weighted by Gasteiger charge is -2.43. The molecule has 0 saturated carbocycles. The van der Waals surface area contributed by atoms with Gasteiger partial charge in [0.1, 0.15) is 0 Å². The summed E-state index contributed by atoms with van der Waals surface area (Å²) in [4.78, 5) is 0. The van der Waals surface area contributed by atoms with Gasteiger partial charge in [0.15, 0.2) is 0 Å². The largest absolute Gasteiger partial charge is 0.460 e. The molecule has 0 aliphatic carbocycles. The van der Waals surface area contributed by atoms with E-state index in [0.717, 1.165) is 0 Å². The highest BCUT2D eigenvalue weighted by molar-refractivity contribution is 7.66. The number of alkyl halides is 19. The second-order valence-corrected chi connectivity index (χ2v) is 14.5. The molecule has 34 heavy (non-hydrogen) atoms. The molecule has 0 bridgehead atoms. The highest BCUT2D eigenvalue weighted by atomic mass is 35.8. The van der Waals surface area contributed by atoms with E-state index in [1.54, 1.807) is 0 Å². The van der Waals surface area contributed by atoms with Gasteiger partial charge in [0.2, 0.25) is 0 Å². The Morgan fingerprint density at radius 3 is 0.853 bits per heavy atom. The first kappa shape index (κ1) is 33.5. The predicted octanol–water partition coefficient (Wildman–Crippen LogP) is 8.38. The first-order valence-corrected chi connectivity index (χ1v) is 12.2. The van der Waals surface area contributed by atoms with Crippen molar-refractivity contribution in [3.8, 4) is 0 Å². The molecule has 0 aliphatic heterocycles. The third-order valence-corrected chi connectivity index (χ3v) is 5.30. The van der Waals surface area contributed by atoms with Crippen LogP contribution in [-0.2, 0) is 0 Å². The zero-order valence-corrected chi connectivity index (χ0v) is 17.7. The van der Waals surface area contributed by atoms with Gasteiger partial charge in [0.05, 0.1) is 0 Å². The van der Waals surface area contributed by atoms with Gasteiger partial charge in [-0.15, -0.1) is 33.2 Å². The Labute approximate surface area is 188 Å². The van der Waals surface area contributed by atoms with E-state index >= 15 is 0 Å². The molecule has 0 aromatic carbocycles. The molecular formula is C11H2Cl3F19Si. The minimum absolute atomic E-state index is 0.634. The van der Waals surface area contributed by atoms with Gasteiger partial charge in [-0.25, -0.2) is 0 Å². The zero-order valence-electron chi connectivity index (χ0n) is 14.5. The van der Waals surface area contributed by atoms with Crippen LogP contribution in [0.15, 0.2) is 11.8 Å². The van der Waals surface area contributed by atoms with Crippen LogP contribution in [0.2, 0.25) is 0 Å². The molecule has 0 radical (unpaired) electrons. The van der Waals surface area contributed by atoms with E-state index < -0.39 is 71.3 Å². The maximum atomic E-state index is 13.5. The summed E-state index contributed by atoms with van der Waals surface area (Å²) < 4.78 is 248. The minimum atomic E-state index is -8.96. The highest BCUT2D eigenvalue weighted by Gasteiger charge is 2.96. The van der Waals surface area contributed by atoms with Crippen molar-refractivity contribution in [1.29, 1.82) is 0 Å². The van der Waals surface area contributed by atoms with Crippen LogP contribution in [0, 0.1) is 0 Å². The fourth-order valence-corrected chi connectivity index (χ4v) is 2.64. The lowest BCUT2D eigenvalue weighted by molar-refractivity contribution is -0.467. The summed E-state index contributed by atoms with van der Waals surface area (Å²) in [5.74, 6) is -67.2. The van der Waals surface area contributed by atoms with E-state index in [2.05, 4.69) is 0 Å². The third-order valence-electron chi connectivity index (χ3n) is 3.62. The van der Waals surface area contributed by atoms with Crippen LogP contribution in [0.3, 0.4) is 0 Å². The van der Waals surface area contributed by atoms with Crippen molar-refractivity contribution in [1.82, 2.24) is 0 Å². The van der Waals surface area contributed by atoms with Crippen LogP contribution in [-0.4, -0.2) is 59.6 Å². The van der Waals surface area contributed by atoms with Gasteiger partial charge in [0.25, 0.3) is 0 Å². The van der Waals surface area contributed by atoms with Gasteiger partial charge in [-0.2, -0.15) is 83.4 Å². The molecular weight excluding hydrogens is 628 g/mol. The molecule has 0 saturated heterocycles. The standard InChI is InChI=1S/C11H2Cl3F19Si/c12-34(13,14)2-1-3(15,16)4(17,18)5(19,20)6(21,22)7(23,24)8(25,26)9(27,28)10(29,30)11(31,32)33/h1-2H. The van der Waals surface area contributed by atoms with Crippen LogP contribution in [0.25, 0.3) is 0 Å². The molecule has 0 fully saturated rings. The van der Waals surface area contributed by atoms with Crippen LogP contribution < -0.4 is 0 Å². The fraction of sp³-hybridized carbons (Fsp3) is 0.818. The maximum absolute atomic E-state index is 13.5. The summed E-state index contributed by atoms with van der Waals surface area (Å²) in [7, 11) is 0. The molecule has 0 spiro atoms.